The summed E-state index contributed by atoms with van der Waals surface area (Å²) in [6, 6.07) is 11.5. The summed E-state index contributed by atoms with van der Waals surface area (Å²) >= 11 is 0. The van der Waals surface area contributed by atoms with Crippen molar-refractivity contribution in [2.45, 2.75) is 20.0 Å². The first-order valence-corrected chi connectivity index (χ1v) is 8.71. The van der Waals surface area contributed by atoms with Crippen LogP contribution < -0.4 is 11.5 Å². The minimum absolute atomic E-state index is 0.0421. The SMILES string of the molecule is Cc1cc(O)c(O)c(O)c1.NCc1cc(O)cc(O)c1.NCc1ccc(O)c(O)c1. The molecule has 0 aliphatic heterocycles. The number of hydrogen-bond donors (Lipinski definition) is 9. The molecule has 0 saturated carbocycles. The van der Waals surface area contributed by atoms with E-state index >= 15 is 0 Å². The predicted octanol–water partition coefficient (Wildman–Crippen LogP) is 2.22. The van der Waals surface area contributed by atoms with Crippen LogP contribution >= 0.6 is 0 Å². The lowest BCUT2D eigenvalue weighted by Gasteiger charge is -2.00. The van der Waals surface area contributed by atoms with Gasteiger partial charge in [-0.25, -0.2) is 0 Å². The summed E-state index contributed by atoms with van der Waals surface area (Å²) in [6.07, 6.45) is 0. The third kappa shape index (κ3) is 7.66. The quantitative estimate of drug-likeness (QED) is 0.280. The van der Waals surface area contributed by atoms with Crippen LogP contribution in [0.4, 0.5) is 0 Å². The van der Waals surface area contributed by atoms with Crippen molar-refractivity contribution in [3.8, 4) is 40.2 Å². The molecule has 0 aliphatic rings. The number of aromatic hydroxyl groups is 7. The molecule has 3 aromatic rings. The second-order valence-electron chi connectivity index (χ2n) is 6.24. The number of hydrogen-bond acceptors (Lipinski definition) is 9. The van der Waals surface area contributed by atoms with E-state index in [9.17, 15) is 0 Å². The fourth-order valence-corrected chi connectivity index (χ4v) is 2.21. The lowest BCUT2D eigenvalue weighted by molar-refractivity contribution is 0.367. The first kappa shape index (κ1) is 24.2. The fraction of sp³-hybridized carbons (Fsp3) is 0.143. The molecule has 0 fully saturated rings. The van der Waals surface area contributed by atoms with Gasteiger partial charge in [0.15, 0.2) is 28.7 Å². The third-order valence-corrected chi connectivity index (χ3v) is 3.69. The summed E-state index contributed by atoms with van der Waals surface area (Å²) in [5, 5.41) is 62.2. The monoisotopic (exact) mass is 418 g/mol. The van der Waals surface area contributed by atoms with Gasteiger partial charge in [-0.2, -0.15) is 0 Å². The number of nitrogens with two attached hydrogens (primary N) is 2. The standard InChI is InChI=1S/2C7H9NO2.C7H8O3/c8-4-5-1-6(9)3-7(10)2-5;8-4-5-1-2-6(9)7(10)3-5;1-4-2-5(8)7(10)6(9)3-4/h2*1-3,9-10H,4,8H2;2-3,8-10H,1H3. The Bertz CT molecular complexity index is 934. The van der Waals surface area contributed by atoms with E-state index in [4.69, 9.17) is 47.2 Å². The van der Waals surface area contributed by atoms with Gasteiger partial charge in [-0.1, -0.05) is 6.07 Å². The molecular formula is C21H26N2O7. The second-order valence-corrected chi connectivity index (χ2v) is 6.24. The van der Waals surface area contributed by atoms with E-state index in [1.807, 2.05) is 0 Å². The highest BCUT2D eigenvalue weighted by atomic mass is 16.3. The van der Waals surface area contributed by atoms with Crippen molar-refractivity contribution in [2.75, 3.05) is 0 Å². The van der Waals surface area contributed by atoms with Crippen molar-refractivity contribution in [2.24, 2.45) is 11.5 Å². The molecule has 0 bridgehead atoms. The molecule has 0 heterocycles. The molecule has 3 rings (SSSR count). The van der Waals surface area contributed by atoms with Gasteiger partial charge in [0.05, 0.1) is 0 Å². The molecule has 11 N–H and O–H groups in total. The molecule has 0 aromatic heterocycles. The van der Waals surface area contributed by atoms with Gasteiger partial charge in [-0.15, -0.1) is 0 Å². The van der Waals surface area contributed by atoms with Crippen LogP contribution in [-0.2, 0) is 13.1 Å². The first-order chi connectivity index (χ1) is 14.1. The number of benzene rings is 3. The van der Waals surface area contributed by atoms with Gasteiger partial charge in [0, 0.05) is 19.2 Å². The Morgan fingerprint density at radius 3 is 1.50 bits per heavy atom. The van der Waals surface area contributed by atoms with Gasteiger partial charge in [0.1, 0.15) is 11.5 Å². The molecule has 0 aliphatic carbocycles. The van der Waals surface area contributed by atoms with Crippen molar-refractivity contribution in [1.82, 2.24) is 0 Å². The summed E-state index contributed by atoms with van der Waals surface area (Å²) < 4.78 is 0. The molecule has 3 aromatic carbocycles. The van der Waals surface area contributed by atoms with Crippen molar-refractivity contribution in [3.05, 3.63) is 65.2 Å². The molecule has 162 valence electrons. The molecule has 0 amide bonds. The highest BCUT2D eigenvalue weighted by molar-refractivity contribution is 5.50. The highest BCUT2D eigenvalue weighted by Gasteiger charge is 2.04. The van der Waals surface area contributed by atoms with E-state index in [1.165, 1.54) is 42.5 Å². The van der Waals surface area contributed by atoms with Gasteiger partial charge >= 0.3 is 0 Å². The van der Waals surface area contributed by atoms with Crippen LogP contribution in [0.5, 0.6) is 40.2 Å². The van der Waals surface area contributed by atoms with E-state index in [2.05, 4.69) is 0 Å². The lowest BCUT2D eigenvalue weighted by atomic mass is 10.2. The second kappa shape index (κ2) is 11.2. The molecule has 0 spiro atoms. The van der Waals surface area contributed by atoms with E-state index in [1.54, 1.807) is 13.0 Å². The molecule has 0 radical (unpaired) electrons. The summed E-state index contributed by atoms with van der Waals surface area (Å²) in [5.74, 6) is -1.21. The maximum Gasteiger partial charge on any atom is 0.200 e. The summed E-state index contributed by atoms with van der Waals surface area (Å²) in [6.45, 7) is 2.40. The molecule has 0 atom stereocenters. The average Bonchev–Trinajstić information content (AvgIpc) is 2.68. The van der Waals surface area contributed by atoms with Crippen LogP contribution in [0.2, 0.25) is 0 Å². The Morgan fingerprint density at radius 2 is 1.07 bits per heavy atom. The molecule has 0 unspecified atom stereocenters. The van der Waals surface area contributed by atoms with Crippen molar-refractivity contribution >= 4 is 0 Å². The Balaban J connectivity index is 0.000000225. The maximum atomic E-state index is 8.93. The highest BCUT2D eigenvalue weighted by Crippen LogP contribution is 2.34. The minimum Gasteiger partial charge on any atom is -0.508 e. The summed E-state index contributed by atoms with van der Waals surface area (Å²) in [4.78, 5) is 0. The Hall–Kier alpha value is -3.82. The van der Waals surface area contributed by atoms with Crippen LogP contribution in [0.15, 0.2) is 48.5 Å². The molecule has 0 saturated heterocycles. The minimum atomic E-state index is -0.467. The average molecular weight is 418 g/mol. The van der Waals surface area contributed by atoms with E-state index in [0.29, 0.717) is 18.7 Å². The van der Waals surface area contributed by atoms with Crippen LogP contribution in [0.3, 0.4) is 0 Å². The van der Waals surface area contributed by atoms with Gasteiger partial charge in [-0.05, 0) is 60.0 Å². The smallest absolute Gasteiger partial charge is 0.200 e. The normalized spacial score (nSPS) is 9.70. The Kier molecular flexibility index (Phi) is 9.08. The van der Waals surface area contributed by atoms with Gasteiger partial charge in [-0.3, -0.25) is 0 Å². The first-order valence-electron chi connectivity index (χ1n) is 8.71. The van der Waals surface area contributed by atoms with E-state index in [-0.39, 0.29) is 34.5 Å². The predicted molar refractivity (Wildman–Crippen MR) is 111 cm³/mol. The lowest BCUT2D eigenvalue weighted by Crippen LogP contribution is -1.94. The number of phenolic OH excluding ortho intramolecular Hbond substituents is 7. The summed E-state index contributed by atoms with van der Waals surface area (Å²) in [7, 11) is 0. The van der Waals surface area contributed by atoms with Crippen LogP contribution in [0.1, 0.15) is 16.7 Å². The molecule has 9 heteroatoms. The zero-order valence-corrected chi connectivity index (χ0v) is 16.3. The molecular weight excluding hydrogens is 392 g/mol. The number of aryl methyl sites for hydroxylation is 1. The number of rotatable bonds is 2. The van der Waals surface area contributed by atoms with Crippen molar-refractivity contribution < 1.29 is 35.7 Å². The topological polar surface area (TPSA) is 194 Å². The largest absolute Gasteiger partial charge is 0.508 e. The van der Waals surface area contributed by atoms with Gasteiger partial charge in [0.2, 0.25) is 0 Å². The molecule has 30 heavy (non-hydrogen) atoms. The van der Waals surface area contributed by atoms with Crippen LogP contribution in [-0.4, -0.2) is 35.7 Å². The Morgan fingerprint density at radius 1 is 0.567 bits per heavy atom. The van der Waals surface area contributed by atoms with E-state index in [0.717, 1.165) is 11.1 Å². The Labute approximate surface area is 173 Å². The fourth-order valence-electron chi connectivity index (χ4n) is 2.21. The van der Waals surface area contributed by atoms with Gasteiger partial charge in [0.25, 0.3) is 0 Å². The maximum absolute atomic E-state index is 8.93. The van der Waals surface area contributed by atoms with Gasteiger partial charge < -0.3 is 47.2 Å². The van der Waals surface area contributed by atoms with Crippen molar-refractivity contribution in [3.63, 3.8) is 0 Å². The van der Waals surface area contributed by atoms with Crippen LogP contribution in [0.25, 0.3) is 0 Å². The zero-order chi connectivity index (χ0) is 22.8. The molecule has 9 nitrogen and oxygen atoms in total. The summed E-state index contributed by atoms with van der Waals surface area (Å²) in [5.41, 5.74) is 12.8. The van der Waals surface area contributed by atoms with Crippen LogP contribution in [0, 0.1) is 6.92 Å². The zero-order valence-electron chi connectivity index (χ0n) is 16.3. The third-order valence-electron chi connectivity index (χ3n) is 3.69. The van der Waals surface area contributed by atoms with E-state index < -0.39 is 5.75 Å². The number of phenols is 7. The van der Waals surface area contributed by atoms with Crippen molar-refractivity contribution in [1.29, 1.82) is 0 Å².